The number of nitrogens with one attached hydrogen (secondary N) is 2. The van der Waals surface area contributed by atoms with Crippen LogP contribution in [0.5, 0.6) is 0 Å². The molecule has 1 amide bonds. The van der Waals surface area contributed by atoms with E-state index < -0.39 is 11.9 Å². The number of thiazole rings is 1. The lowest BCUT2D eigenvalue weighted by Crippen LogP contribution is -2.32. The van der Waals surface area contributed by atoms with E-state index in [0.717, 1.165) is 29.9 Å². The highest BCUT2D eigenvalue weighted by Crippen LogP contribution is 2.26. The molecule has 8 heteroatoms. The standard InChI is InChI=1S/C15H18F2N4OS/c1-4-5-8(2)18-14(22)13-9(3)23-15(21-13)19-10-6-11(16)20-12(17)7-10/h6-8H,4-5H2,1-3H3,(H,18,22)(H,19,20,21). The zero-order chi connectivity index (χ0) is 17.0. The van der Waals surface area contributed by atoms with Crippen LogP contribution in [0.1, 0.15) is 42.1 Å². The zero-order valence-corrected chi connectivity index (χ0v) is 13.9. The molecule has 0 aliphatic carbocycles. The van der Waals surface area contributed by atoms with Gasteiger partial charge in [0.2, 0.25) is 11.9 Å². The van der Waals surface area contributed by atoms with Crippen molar-refractivity contribution in [3.63, 3.8) is 0 Å². The van der Waals surface area contributed by atoms with Crippen molar-refractivity contribution in [2.45, 2.75) is 39.7 Å². The molecule has 0 saturated carbocycles. The summed E-state index contributed by atoms with van der Waals surface area (Å²) in [6, 6.07) is 2.18. The summed E-state index contributed by atoms with van der Waals surface area (Å²) < 4.78 is 26.2. The van der Waals surface area contributed by atoms with E-state index in [1.165, 1.54) is 11.3 Å². The lowest BCUT2D eigenvalue weighted by atomic mass is 10.2. The Morgan fingerprint density at radius 3 is 2.57 bits per heavy atom. The maximum absolute atomic E-state index is 13.1. The van der Waals surface area contributed by atoms with Gasteiger partial charge in [0.05, 0.1) is 0 Å². The summed E-state index contributed by atoms with van der Waals surface area (Å²) in [6.07, 6.45) is 1.86. The Morgan fingerprint density at radius 1 is 1.30 bits per heavy atom. The fourth-order valence-corrected chi connectivity index (χ4v) is 2.95. The largest absolute Gasteiger partial charge is 0.348 e. The van der Waals surface area contributed by atoms with Crippen LogP contribution in [0.4, 0.5) is 19.6 Å². The van der Waals surface area contributed by atoms with E-state index in [4.69, 9.17) is 0 Å². The molecule has 0 aliphatic heterocycles. The van der Waals surface area contributed by atoms with Gasteiger partial charge in [-0.1, -0.05) is 13.3 Å². The number of carbonyl (C=O) groups excluding carboxylic acids is 1. The first kappa shape index (κ1) is 17.3. The molecule has 2 aromatic heterocycles. The quantitative estimate of drug-likeness (QED) is 0.785. The van der Waals surface area contributed by atoms with Crippen molar-refractivity contribution < 1.29 is 13.6 Å². The van der Waals surface area contributed by atoms with Crippen LogP contribution in [-0.2, 0) is 0 Å². The summed E-state index contributed by atoms with van der Waals surface area (Å²) in [7, 11) is 0. The van der Waals surface area contributed by atoms with Crippen molar-refractivity contribution in [3.05, 3.63) is 34.6 Å². The van der Waals surface area contributed by atoms with Gasteiger partial charge in [-0.25, -0.2) is 4.98 Å². The third kappa shape index (κ3) is 4.69. The number of carbonyl (C=O) groups is 1. The molecule has 2 rings (SSSR count). The van der Waals surface area contributed by atoms with Crippen molar-refractivity contribution >= 4 is 28.1 Å². The van der Waals surface area contributed by atoms with Gasteiger partial charge in [0.1, 0.15) is 5.69 Å². The first-order valence-electron chi connectivity index (χ1n) is 7.27. The van der Waals surface area contributed by atoms with Crippen LogP contribution >= 0.6 is 11.3 Å². The molecule has 0 radical (unpaired) electrons. The second-order valence-corrected chi connectivity index (χ2v) is 6.42. The summed E-state index contributed by atoms with van der Waals surface area (Å²) in [5.74, 6) is -2.10. The van der Waals surface area contributed by atoms with E-state index in [-0.39, 0.29) is 17.6 Å². The number of halogens is 2. The van der Waals surface area contributed by atoms with Crippen LogP contribution in [0, 0.1) is 18.8 Å². The average molecular weight is 340 g/mol. The van der Waals surface area contributed by atoms with Crippen molar-refractivity contribution in [3.8, 4) is 0 Å². The van der Waals surface area contributed by atoms with Gasteiger partial charge in [-0.05, 0) is 20.3 Å². The molecule has 0 spiro atoms. The Labute approximate surface area is 137 Å². The van der Waals surface area contributed by atoms with Gasteiger partial charge in [0.25, 0.3) is 5.91 Å². The fourth-order valence-electron chi connectivity index (χ4n) is 2.12. The van der Waals surface area contributed by atoms with Gasteiger partial charge in [0, 0.05) is 28.7 Å². The summed E-state index contributed by atoms with van der Waals surface area (Å²) in [5.41, 5.74) is 0.505. The number of aromatic nitrogens is 2. The number of amides is 1. The SMILES string of the molecule is CCCC(C)NC(=O)c1nc(Nc2cc(F)nc(F)c2)sc1C. The number of rotatable bonds is 6. The predicted molar refractivity (Wildman–Crippen MR) is 86.1 cm³/mol. The lowest BCUT2D eigenvalue weighted by molar-refractivity contribution is 0.0933. The zero-order valence-electron chi connectivity index (χ0n) is 13.1. The molecule has 124 valence electrons. The van der Waals surface area contributed by atoms with Crippen LogP contribution in [-0.4, -0.2) is 21.9 Å². The second-order valence-electron chi connectivity index (χ2n) is 5.21. The van der Waals surface area contributed by atoms with Gasteiger partial charge >= 0.3 is 0 Å². The van der Waals surface area contributed by atoms with Crippen LogP contribution in [0.3, 0.4) is 0 Å². The summed E-state index contributed by atoms with van der Waals surface area (Å²) in [6.45, 7) is 5.76. The Morgan fingerprint density at radius 2 is 1.96 bits per heavy atom. The molecular formula is C15H18F2N4OS. The molecule has 1 atom stereocenters. The summed E-state index contributed by atoms with van der Waals surface area (Å²) in [5, 5.41) is 6.06. The van der Waals surface area contributed by atoms with Crippen LogP contribution in [0.2, 0.25) is 0 Å². The highest BCUT2D eigenvalue weighted by molar-refractivity contribution is 7.15. The van der Waals surface area contributed by atoms with E-state index in [9.17, 15) is 13.6 Å². The molecule has 0 aliphatic rings. The molecule has 2 aromatic rings. The molecule has 0 bridgehead atoms. The maximum Gasteiger partial charge on any atom is 0.271 e. The molecule has 2 heterocycles. The number of anilines is 2. The van der Waals surface area contributed by atoms with Gasteiger partial charge in [-0.2, -0.15) is 13.8 Å². The van der Waals surface area contributed by atoms with Gasteiger partial charge in [-0.3, -0.25) is 4.79 Å². The normalized spacial score (nSPS) is 12.0. The molecule has 0 aromatic carbocycles. The van der Waals surface area contributed by atoms with Crippen molar-refractivity contribution in [1.29, 1.82) is 0 Å². The lowest BCUT2D eigenvalue weighted by Gasteiger charge is -2.11. The van der Waals surface area contributed by atoms with E-state index >= 15 is 0 Å². The minimum Gasteiger partial charge on any atom is -0.348 e. The highest BCUT2D eigenvalue weighted by Gasteiger charge is 2.17. The molecule has 5 nitrogen and oxygen atoms in total. The van der Waals surface area contributed by atoms with E-state index in [1.807, 2.05) is 13.8 Å². The Balaban J connectivity index is 2.12. The molecule has 23 heavy (non-hydrogen) atoms. The first-order valence-corrected chi connectivity index (χ1v) is 8.09. The smallest absolute Gasteiger partial charge is 0.271 e. The van der Waals surface area contributed by atoms with Gasteiger partial charge in [-0.15, -0.1) is 11.3 Å². The van der Waals surface area contributed by atoms with Crippen molar-refractivity contribution in [2.75, 3.05) is 5.32 Å². The highest BCUT2D eigenvalue weighted by atomic mass is 32.1. The molecule has 0 fully saturated rings. The Bertz CT molecular complexity index is 685. The van der Waals surface area contributed by atoms with Crippen LogP contribution in [0.15, 0.2) is 12.1 Å². The fraction of sp³-hybridized carbons (Fsp3) is 0.400. The van der Waals surface area contributed by atoms with Crippen molar-refractivity contribution in [2.24, 2.45) is 0 Å². The predicted octanol–water partition coefficient (Wildman–Crippen LogP) is 3.79. The van der Waals surface area contributed by atoms with E-state index in [2.05, 4.69) is 20.6 Å². The molecule has 2 N–H and O–H groups in total. The Kier molecular flexibility index (Phi) is 5.59. The van der Waals surface area contributed by atoms with Crippen LogP contribution in [0.25, 0.3) is 0 Å². The molecule has 0 saturated heterocycles. The average Bonchev–Trinajstić information content (AvgIpc) is 2.78. The molecule has 1 unspecified atom stereocenters. The van der Waals surface area contributed by atoms with E-state index in [0.29, 0.717) is 10.8 Å². The minimum atomic E-state index is -0.924. The summed E-state index contributed by atoms with van der Waals surface area (Å²) >= 11 is 1.24. The first-order chi connectivity index (χ1) is 10.9. The number of hydrogen-bond donors (Lipinski definition) is 2. The monoisotopic (exact) mass is 340 g/mol. The molecular weight excluding hydrogens is 322 g/mol. The number of nitrogens with zero attached hydrogens (tertiary/aromatic N) is 2. The van der Waals surface area contributed by atoms with Gasteiger partial charge in [0.15, 0.2) is 5.13 Å². The second kappa shape index (κ2) is 7.45. The number of pyridine rings is 1. The number of hydrogen-bond acceptors (Lipinski definition) is 5. The maximum atomic E-state index is 13.1. The van der Waals surface area contributed by atoms with Gasteiger partial charge < -0.3 is 10.6 Å². The summed E-state index contributed by atoms with van der Waals surface area (Å²) in [4.78, 5) is 20.2. The minimum absolute atomic E-state index is 0.0633. The number of aryl methyl sites for hydroxylation is 1. The van der Waals surface area contributed by atoms with Crippen molar-refractivity contribution in [1.82, 2.24) is 15.3 Å². The third-order valence-corrected chi connectivity index (χ3v) is 4.01. The Hall–Kier alpha value is -2.09. The van der Waals surface area contributed by atoms with E-state index in [1.54, 1.807) is 6.92 Å². The third-order valence-electron chi connectivity index (χ3n) is 3.12. The van der Waals surface area contributed by atoms with Crippen LogP contribution < -0.4 is 10.6 Å². The topological polar surface area (TPSA) is 66.9 Å².